The molecule has 1 unspecified atom stereocenters. The maximum absolute atomic E-state index is 9.61. The van der Waals surface area contributed by atoms with Crippen molar-refractivity contribution in [1.29, 1.82) is 0 Å². The summed E-state index contributed by atoms with van der Waals surface area (Å²) >= 11 is 0. The Labute approximate surface area is 95.3 Å². The second kappa shape index (κ2) is 7.94. The zero-order valence-electron chi connectivity index (χ0n) is 5.11. The van der Waals surface area contributed by atoms with Crippen LogP contribution in [-0.2, 0) is 4.52 Å². The molecule has 4 nitrogen and oxygen atoms in total. The minimum absolute atomic E-state index is 0. The van der Waals surface area contributed by atoms with Crippen molar-refractivity contribution in [2.45, 2.75) is 13.0 Å². The largest absolute Gasteiger partial charge is 2.00 e. The molecule has 0 aromatic carbocycles. The second-order valence-corrected chi connectivity index (χ2v) is 2.07. The minimum Gasteiger partial charge on any atom is -0.820 e. The Bertz CT molecular complexity index is 51.8. The third-order valence-electron chi connectivity index (χ3n) is 0.421. The van der Waals surface area contributed by atoms with Gasteiger partial charge in [-0.3, -0.25) is 0 Å². The van der Waals surface area contributed by atoms with Gasteiger partial charge >= 0.3 is 48.9 Å². The van der Waals surface area contributed by atoms with Gasteiger partial charge in [-0.15, -0.1) is 0 Å². The third-order valence-corrected chi connectivity index (χ3v) is 0.781. The molecule has 0 spiro atoms. The third kappa shape index (κ3) is 12.9. The summed E-state index contributed by atoms with van der Waals surface area (Å²) in [6.07, 6.45) is -0.720. The molecule has 0 amide bonds. The van der Waals surface area contributed by atoms with Gasteiger partial charge in [0.25, 0.3) is 0 Å². The van der Waals surface area contributed by atoms with Crippen LogP contribution in [-0.4, -0.2) is 66.7 Å². The van der Waals surface area contributed by atoms with Gasteiger partial charge in [0.1, 0.15) is 0 Å². The molecule has 0 saturated heterocycles. The maximum atomic E-state index is 9.61. The van der Waals surface area contributed by atoms with Gasteiger partial charge in [-0.1, -0.05) is 0 Å². The number of hydrogen-bond donors (Lipinski definition) is 1. The SMILES string of the molecule is CC(O)COP([O-])[O-].[Ba+2]. The quantitative estimate of drug-likeness (QED) is 0.475. The van der Waals surface area contributed by atoms with Crippen molar-refractivity contribution < 1.29 is 19.4 Å². The molecule has 0 aliphatic carbocycles. The van der Waals surface area contributed by atoms with Crippen LogP contribution in [0.4, 0.5) is 0 Å². The fourth-order valence-electron chi connectivity index (χ4n) is 0.169. The Morgan fingerprint density at radius 2 is 2.11 bits per heavy atom. The van der Waals surface area contributed by atoms with Crippen LogP contribution in [0.25, 0.3) is 0 Å². The Morgan fingerprint density at radius 3 is 2.22 bits per heavy atom. The minimum atomic E-state index is -2.79. The van der Waals surface area contributed by atoms with Crippen LogP contribution >= 0.6 is 8.60 Å². The van der Waals surface area contributed by atoms with E-state index in [0.29, 0.717) is 0 Å². The molecule has 0 aliphatic heterocycles. The molecule has 0 radical (unpaired) electrons. The summed E-state index contributed by atoms with van der Waals surface area (Å²) in [6.45, 7) is 1.29. The summed E-state index contributed by atoms with van der Waals surface area (Å²) in [5.74, 6) is 0. The van der Waals surface area contributed by atoms with E-state index in [0.717, 1.165) is 0 Å². The molecule has 1 N–H and O–H groups in total. The van der Waals surface area contributed by atoms with Crippen LogP contribution < -0.4 is 9.79 Å². The van der Waals surface area contributed by atoms with E-state index in [1.165, 1.54) is 6.92 Å². The van der Waals surface area contributed by atoms with Crippen LogP contribution in [0.2, 0.25) is 0 Å². The van der Waals surface area contributed by atoms with Gasteiger partial charge in [0.2, 0.25) is 0 Å². The van der Waals surface area contributed by atoms with Crippen LogP contribution in [0, 0.1) is 0 Å². The van der Waals surface area contributed by atoms with Crippen molar-refractivity contribution in [2.75, 3.05) is 6.61 Å². The van der Waals surface area contributed by atoms with Crippen LogP contribution in [0.3, 0.4) is 0 Å². The molecule has 0 heterocycles. The smallest absolute Gasteiger partial charge is 0.820 e. The van der Waals surface area contributed by atoms with Crippen LogP contribution in [0.1, 0.15) is 6.92 Å². The zero-order chi connectivity index (χ0) is 6.57. The molecule has 1 atom stereocenters. The number of hydrogen-bond acceptors (Lipinski definition) is 4. The summed E-state index contributed by atoms with van der Waals surface area (Å²) in [7, 11) is -2.79. The topological polar surface area (TPSA) is 75.6 Å². The first-order valence-electron chi connectivity index (χ1n) is 2.08. The first-order chi connectivity index (χ1) is 3.63. The first-order valence-corrected chi connectivity index (χ1v) is 3.18. The van der Waals surface area contributed by atoms with Crippen molar-refractivity contribution in [1.82, 2.24) is 0 Å². The number of aliphatic hydroxyl groups is 1. The van der Waals surface area contributed by atoms with Gasteiger partial charge in [-0.25, -0.2) is 0 Å². The molecular formula is C3H7BaO4P. The molecule has 0 aromatic rings. The Hall–Kier alpha value is 1.84. The van der Waals surface area contributed by atoms with E-state index in [1.54, 1.807) is 0 Å². The summed E-state index contributed by atoms with van der Waals surface area (Å²) in [5, 5.41) is 8.41. The van der Waals surface area contributed by atoms with Crippen molar-refractivity contribution in [3.63, 3.8) is 0 Å². The van der Waals surface area contributed by atoms with E-state index in [1.807, 2.05) is 0 Å². The van der Waals surface area contributed by atoms with E-state index in [-0.39, 0.29) is 55.5 Å². The molecular weight excluding hydrogens is 268 g/mol. The van der Waals surface area contributed by atoms with Crippen molar-refractivity contribution in [3.05, 3.63) is 0 Å². The van der Waals surface area contributed by atoms with Gasteiger partial charge in [0.05, 0.1) is 12.7 Å². The first kappa shape index (κ1) is 13.4. The predicted molar refractivity (Wildman–Crippen MR) is 30.3 cm³/mol. The normalized spacial score (nSPS) is 13.0. The average molecular weight is 275 g/mol. The average Bonchev–Trinajstić information content (AvgIpc) is 1.61. The van der Waals surface area contributed by atoms with Crippen LogP contribution in [0.5, 0.6) is 0 Å². The zero-order valence-corrected chi connectivity index (χ0v) is 10.4. The molecule has 0 saturated carbocycles. The fourth-order valence-corrected chi connectivity index (χ4v) is 0.506. The Balaban J connectivity index is 0. The van der Waals surface area contributed by atoms with E-state index < -0.39 is 14.7 Å². The maximum Gasteiger partial charge on any atom is 2.00 e. The second-order valence-electron chi connectivity index (χ2n) is 1.37. The van der Waals surface area contributed by atoms with E-state index >= 15 is 0 Å². The Morgan fingerprint density at radius 1 is 1.67 bits per heavy atom. The summed E-state index contributed by atoms with van der Waals surface area (Å²) < 4.78 is 4.01. The van der Waals surface area contributed by atoms with Gasteiger partial charge in [-0.2, -0.15) is 8.60 Å². The Kier molecular flexibility index (Phi) is 11.9. The van der Waals surface area contributed by atoms with E-state index in [4.69, 9.17) is 5.11 Å². The summed E-state index contributed by atoms with van der Waals surface area (Å²) in [6, 6.07) is 0. The fraction of sp³-hybridized carbons (Fsp3) is 1.00. The van der Waals surface area contributed by atoms with E-state index in [9.17, 15) is 9.79 Å². The number of rotatable bonds is 3. The van der Waals surface area contributed by atoms with Crippen molar-refractivity contribution in [3.8, 4) is 0 Å². The van der Waals surface area contributed by atoms with Crippen LogP contribution in [0.15, 0.2) is 0 Å². The van der Waals surface area contributed by atoms with Gasteiger partial charge in [0, 0.05) is 0 Å². The predicted octanol–water partition coefficient (Wildman–Crippen LogP) is -2.05. The van der Waals surface area contributed by atoms with Crippen molar-refractivity contribution >= 4 is 57.5 Å². The van der Waals surface area contributed by atoms with Gasteiger partial charge < -0.3 is 19.4 Å². The monoisotopic (exact) mass is 276 g/mol. The summed E-state index contributed by atoms with van der Waals surface area (Å²) in [4.78, 5) is 19.2. The standard InChI is InChI=1S/C3H7O4P.Ba/c1-3(4)2-7-8(5)6;/h3-4H,2H2,1H3;/q-2;+2. The van der Waals surface area contributed by atoms with E-state index in [2.05, 4.69) is 4.52 Å². The van der Waals surface area contributed by atoms with Gasteiger partial charge in [0.15, 0.2) is 0 Å². The molecule has 50 valence electrons. The molecule has 9 heavy (non-hydrogen) atoms. The van der Waals surface area contributed by atoms with Gasteiger partial charge in [-0.05, 0) is 6.92 Å². The molecule has 0 rings (SSSR count). The summed E-state index contributed by atoms with van der Waals surface area (Å²) in [5.41, 5.74) is 0. The number of aliphatic hydroxyl groups excluding tert-OH is 1. The molecule has 0 bridgehead atoms. The van der Waals surface area contributed by atoms with Crippen molar-refractivity contribution in [2.24, 2.45) is 0 Å². The molecule has 0 aliphatic rings. The molecule has 0 aromatic heterocycles. The molecule has 0 fully saturated rings. The molecule has 6 heteroatoms.